The molecule has 2 aromatic carbocycles. The predicted octanol–water partition coefficient (Wildman–Crippen LogP) is 5.33. The summed E-state index contributed by atoms with van der Waals surface area (Å²) in [4.78, 5) is 4.46. The lowest BCUT2D eigenvalue weighted by molar-refractivity contribution is 0.400. The zero-order valence-electron chi connectivity index (χ0n) is 16.1. The molecule has 0 saturated heterocycles. The Morgan fingerprint density at radius 2 is 1.97 bits per heavy atom. The highest BCUT2D eigenvalue weighted by atomic mass is 32.2. The molecular weight excluding hydrogens is 420 g/mol. The highest BCUT2D eigenvalue weighted by molar-refractivity contribution is 7.99. The van der Waals surface area contributed by atoms with Crippen LogP contribution >= 0.6 is 23.1 Å². The molecule has 9 heteroatoms. The molecular formula is C21H16N4O3S2. The maximum atomic E-state index is 10.7. The standard InChI is InChI=1S/C21H16N4O3S2/c1-12(18(26)15(11-22)20-23-16-5-3-4-6-17(16)30-20)29-21-25-24-19(28-21)13-7-9-14(27-2)10-8-13/h3-10,12,26H,1-2H3/b18-15-. The van der Waals surface area contributed by atoms with E-state index in [1.165, 1.54) is 23.1 Å². The summed E-state index contributed by atoms with van der Waals surface area (Å²) in [5, 5.41) is 28.7. The number of thioether (sulfide) groups is 1. The SMILES string of the molecule is COc1ccc(-c2nnc(SC(C)/C(O)=C(\C#N)c3nc4ccccc4s3)o2)cc1. The van der Waals surface area contributed by atoms with Crippen LogP contribution < -0.4 is 4.74 Å². The molecule has 4 rings (SSSR count). The summed E-state index contributed by atoms with van der Waals surface area (Å²) in [5.41, 5.74) is 1.69. The van der Waals surface area contributed by atoms with E-state index < -0.39 is 5.25 Å². The van der Waals surface area contributed by atoms with Gasteiger partial charge in [-0.1, -0.05) is 23.9 Å². The molecule has 0 saturated carbocycles. The van der Waals surface area contributed by atoms with E-state index >= 15 is 0 Å². The number of aliphatic hydroxyl groups excluding tert-OH is 1. The van der Waals surface area contributed by atoms with Gasteiger partial charge in [0.25, 0.3) is 5.22 Å². The number of thiazole rings is 1. The number of para-hydroxylation sites is 1. The first kappa shape index (κ1) is 19.9. The Morgan fingerprint density at radius 1 is 1.20 bits per heavy atom. The molecule has 0 amide bonds. The van der Waals surface area contributed by atoms with Crippen LogP contribution in [-0.2, 0) is 0 Å². The molecule has 2 heterocycles. The number of allylic oxidation sites excluding steroid dienone is 1. The molecule has 1 N–H and O–H groups in total. The van der Waals surface area contributed by atoms with Crippen LogP contribution in [0.15, 0.2) is 63.9 Å². The third-order valence-electron chi connectivity index (χ3n) is 4.28. The first-order valence-electron chi connectivity index (χ1n) is 8.93. The average molecular weight is 437 g/mol. The van der Waals surface area contributed by atoms with Gasteiger partial charge in [-0.05, 0) is 43.3 Å². The third kappa shape index (κ3) is 4.01. The largest absolute Gasteiger partial charge is 0.510 e. The maximum Gasteiger partial charge on any atom is 0.277 e. The molecule has 0 fully saturated rings. The van der Waals surface area contributed by atoms with Crippen LogP contribution in [-0.4, -0.2) is 32.6 Å². The van der Waals surface area contributed by atoms with Crippen LogP contribution in [0.1, 0.15) is 11.9 Å². The van der Waals surface area contributed by atoms with E-state index in [9.17, 15) is 10.4 Å². The van der Waals surface area contributed by atoms with Gasteiger partial charge in [-0.2, -0.15) is 5.26 Å². The molecule has 4 aromatic rings. The van der Waals surface area contributed by atoms with Crippen molar-refractivity contribution in [3.8, 4) is 23.3 Å². The maximum absolute atomic E-state index is 10.7. The van der Waals surface area contributed by atoms with Crippen molar-refractivity contribution in [2.75, 3.05) is 7.11 Å². The number of aromatic nitrogens is 3. The van der Waals surface area contributed by atoms with Crippen molar-refractivity contribution in [2.45, 2.75) is 17.4 Å². The summed E-state index contributed by atoms with van der Waals surface area (Å²) in [7, 11) is 1.60. The van der Waals surface area contributed by atoms with Gasteiger partial charge in [0.05, 0.1) is 22.6 Å². The van der Waals surface area contributed by atoms with Gasteiger partial charge in [0.15, 0.2) is 0 Å². The number of hydrogen-bond acceptors (Lipinski definition) is 9. The molecule has 150 valence electrons. The molecule has 2 aromatic heterocycles. The summed E-state index contributed by atoms with van der Waals surface area (Å²) in [6.07, 6.45) is 0. The Balaban J connectivity index is 1.55. The quantitative estimate of drug-likeness (QED) is 0.246. The Labute approximate surface area is 180 Å². The molecule has 1 unspecified atom stereocenters. The number of aliphatic hydroxyl groups is 1. The van der Waals surface area contributed by atoms with E-state index in [2.05, 4.69) is 21.3 Å². The number of fused-ring (bicyclic) bond motifs is 1. The van der Waals surface area contributed by atoms with Crippen molar-refractivity contribution < 1.29 is 14.3 Å². The summed E-state index contributed by atoms with van der Waals surface area (Å²) in [6.45, 7) is 1.77. The first-order valence-corrected chi connectivity index (χ1v) is 10.6. The predicted molar refractivity (Wildman–Crippen MR) is 116 cm³/mol. The minimum absolute atomic E-state index is 0.0780. The molecule has 0 aliphatic rings. The van der Waals surface area contributed by atoms with Crippen molar-refractivity contribution >= 4 is 38.9 Å². The Bertz CT molecular complexity index is 1220. The minimum atomic E-state index is -0.476. The second kappa shape index (κ2) is 8.57. The fourth-order valence-corrected chi connectivity index (χ4v) is 4.43. The topological polar surface area (TPSA) is 105 Å². The fourth-order valence-electron chi connectivity index (χ4n) is 2.71. The Morgan fingerprint density at radius 3 is 2.67 bits per heavy atom. The zero-order valence-corrected chi connectivity index (χ0v) is 17.7. The molecule has 30 heavy (non-hydrogen) atoms. The molecule has 0 bridgehead atoms. The zero-order chi connectivity index (χ0) is 21.1. The lowest BCUT2D eigenvalue weighted by atomic mass is 10.2. The van der Waals surface area contributed by atoms with Crippen molar-refractivity contribution in [3.63, 3.8) is 0 Å². The van der Waals surface area contributed by atoms with Crippen LogP contribution in [0.25, 0.3) is 27.2 Å². The van der Waals surface area contributed by atoms with Crippen LogP contribution in [0.4, 0.5) is 0 Å². The fraction of sp³-hybridized carbons (Fsp3) is 0.143. The van der Waals surface area contributed by atoms with Crippen LogP contribution in [0.3, 0.4) is 0 Å². The lowest BCUT2D eigenvalue weighted by Gasteiger charge is -2.08. The van der Waals surface area contributed by atoms with Crippen molar-refractivity contribution in [2.24, 2.45) is 0 Å². The lowest BCUT2D eigenvalue weighted by Crippen LogP contribution is -2.04. The number of benzene rings is 2. The summed E-state index contributed by atoms with van der Waals surface area (Å²) >= 11 is 2.54. The van der Waals surface area contributed by atoms with E-state index in [0.717, 1.165) is 21.5 Å². The molecule has 7 nitrogen and oxygen atoms in total. The van der Waals surface area contributed by atoms with Crippen molar-refractivity contribution in [1.29, 1.82) is 5.26 Å². The number of rotatable bonds is 6. The monoisotopic (exact) mass is 436 g/mol. The summed E-state index contributed by atoms with van der Waals surface area (Å²) < 4.78 is 11.8. The van der Waals surface area contributed by atoms with Crippen molar-refractivity contribution in [3.05, 3.63) is 59.3 Å². The van der Waals surface area contributed by atoms with E-state index in [1.54, 1.807) is 26.2 Å². The van der Waals surface area contributed by atoms with E-state index in [0.29, 0.717) is 16.1 Å². The Kier molecular flexibility index (Phi) is 5.70. The van der Waals surface area contributed by atoms with Gasteiger partial charge in [0.2, 0.25) is 5.89 Å². The minimum Gasteiger partial charge on any atom is -0.510 e. The second-order valence-electron chi connectivity index (χ2n) is 6.22. The number of nitriles is 1. The normalized spacial score (nSPS) is 13.0. The van der Waals surface area contributed by atoms with Gasteiger partial charge in [-0.15, -0.1) is 21.5 Å². The van der Waals surface area contributed by atoms with Crippen LogP contribution in [0.5, 0.6) is 5.75 Å². The van der Waals surface area contributed by atoms with Gasteiger partial charge in [0, 0.05) is 5.56 Å². The van der Waals surface area contributed by atoms with Crippen LogP contribution in [0.2, 0.25) is 0 Å². The average Bonchev–Trinajstić information content (AvgIpc) is 3.41. The van der Waals surface area contributed by atoms with Gasteiger partial charge in [0.1, 0.15) is 28.2 Å². The number of nitrogens with zero attached hydrogens (tertiary/aromatic N) is 4. The van der Waals surface area contributed by atoms with Gasteiger partial charge in [-0.25, -0.2) is 4.98 Å². The highest BCUT2D eigenvalue weighted by Crippen LogP contribution is 2.34. The summed E-state index contributed by atoms with van der Waals surface area (Å²) in [6, 6.07) is 16.9. The number of ether oxygens (including phenoxy) is 1. The molecule has 0 radical (unpaired) electrons. The van der Waals surface area contributed by atoms with E-state index in [1.807, 2.05) is 36.4 Å². The summed E-state index contributed by atoms with van der Waals surface area (Å²) in [5.74, 6) is 1.02. The molecule has 1 atom stereocenters. The number of methoxy groups -OCH3 is 1. The van der Waals surface area contributed by atoms with Gasteiger partial charge >= 0.3 is 0 Å². The van der Waals surface area contributed by atoms with Crippen LogP contribution in [0, 0.1) is 11.3 Å². The first-order chi connectivity index (χ1) is 14.6. The third-order valence-corrected chi connectivity index (χ3v) is 6.28. The van der Waals surface area contributed by atoms with Gasteiger partial charge < -0.3 is 14.3 Å². The van der Waals surface area contributed by atoms with E-state index in [4.69, 9.17) is 9.15 Å². The number of hydrogen-bond donors (Lipinski definition) is 1. The van der Waals surface area contributed by atoms with E-state index in [-0.39, 0.29) is 11.3 Å². The van der Waals surface area contributed by atoms with Gasteiger partial charge in [-0.3, -0.25) is 0 Å². The smallest absolute Gasteiger partial charge is 0.277 e. The Hall–Kier alpha value is -3.35. The molecule has 0 aliphatic heterocycles. The molecule has 0 spiro atoms. The van der Waals surface area contributed by atoms with Crippen molar-refractivity contribution in [1.82, 2.24) is 15.2 Å². The highest BCUT2D eigenvalue weighted by Gasteiger charge is 2.21. The second-order valence-corrected chi connectivity index (χ2v) is 8.54. The molecule has 0 aliphatic carbocycles.